The van der Waals surface area contributed by atoms with Crippen molar-refractivity contribution in [3.05, 3.63) is 34.3 Å². The molecule has 102 valence electrons. The molecule has 0 spiro atoms. The van der Waals surface area contributed by atoms with Crippen LogP contribution in [0.3, 0.4) is 0 Å². The molecule has 1 aromatic carbocycles. The maximum absolute atomic E-state index is 6.17. The second-order valence-electron chi connectivity index (χ2n) is 5.10. The summed E-state index contributed by atoms with van der Waals surface area (Å²) in [6, 6.07) is 8.30. The predicted molar refractivity (Wildman–Crippen MR) is 80.6 cm³/mol. The number of benzene rings is 1. The molecule has 0 saturated carbocycles. The molecule has 18 heavy (non-hydrogen) atoms. The predicted octanol–water partition coefficient (Wildman–Crippen LogP) is 4.29. The first-order chi connectivity index (χ1) is 8.54. The van der Waals surface area contributed by atoms with E-state index in [4.69, 9.17) is 10.5 Å². The second-order valence-corrected chi connectivity index (χ2v) is 6.01. The summed E-state index contributed by atoms with van der Waals surface area (Å²) in [7, 11) is 0. The summed E-state index contributed by atoms with van der Waals surface area (Å²) >= 11 is 3.45. The van der Waals surface area contributed by atoms with Crippen LogP contribution in [0.25, 0.3) is 0 Å². The molecule has 2 atom stereocenters. The number of hydrogen-bond acceptors (Lipinski definition) is 2. The highest BCUT2D eigenvalue weighted by atomic mass is 79.9. The van der Waals surface area contributed by atoms with Gasteiger partial charge in [0.25, 0.3) is 0 Å². The number of halogens is 1. The van der Waals surface area contributed by atoms with E-state index in [0.29, 0.717) is 5.92 Å². The van der Waals surface area contributed by atoms with Crippen molar-refractivity contribution in [2.75, 3.05) is 6.61 Å². The third-order valence-electron chi connectivity index (χ3n) is 3.05. The summed E-state index contributed by atoms with van der Waals surface area (Å²) < 4.78 is 7.07. The van der Waals surface area contributed by atoms with E-state index in [1.54, 1.807) is 0 Å². The highest BCUT2D eigenvalue weighted by Gasteiger charge is 2.19. The Morgan fingerprint density at radius 2 is 1.83 bits per heavy atom. The first-order valence-electron chi connectivity index (χ1n) is 6.67. The van der Waals surface area contributed by atoms with Gasteiger partial charge in [-0.1, -0.05) is 48.8 Å². The van der Waals surface area contributed by atoms with Crippen molar-refractivity contribution in [3.63, 3.8) is 0 Å². The molecule has 0 amide bonds. The summed E-state index contributed by atoms with van der Waals surface area (Å²) in [6.07, 6.45) is 1.99. The lowest BCUT2D eigenvalue weighted by Gasteiger charge is -2.24. The van der Waals surface area contributed by atoms with Crippen molar-refractivity contribution < 1.29 is 4.74 Å². The quantitative estimate of drug-likeness (QED) is 0.815. The van der Waals surface area contributed by atoms with Gasteiger partial charge in [0.1, 0.15) is 0 Å². The van der Waals surface area contributed by atoms with Gasteiger partial charge in [0.2, 0.25) is 0 Å². The van der Waals surface area contributed by atoms with Crippen molar-refractivity contribution in [3.8, 4) is 0 Å². The maximum Gasteiger partial charge on any atom is 0.0975 e. The van der Waals surface area contributed by atoms with Crippen molar-refractivity contribution in [1.82, 2.24) is 0 Å². The molecule has 2 unspecified atom stereocenters. The minimum atomic E-state index is 0.00171. The van der Waals surface area contributed by atoms with E-state index in [2.05, 4.69) is 48.8 Å². The van der Waals surface area contributed by atoms with Crippen molar-refractivity contribution in [1.29, 1.82) is 0 Å². The average Bonchev–Trinajstić information content (AvgIpc) is 2.35. The van der Waals surface area contributed by atoms with Crippen LogP contribution in [0, 0.1) is 5.92 Å². The average molecular weight is 314 g/mol. The Labute approximate surface area is 119 Å². The second kappa shape index (κ2) is 7.93. The van der Waals surface area contributed by atoms with E-state index in [1.807, 2.05) is 12.1 Å². The number of hydrogen-bond donors (Lipinski definition) is 1. The van der Waals surface area contributed by atoms with Crippen molar-refractivity contribution >= 4 is 15.9 Å². The zero-order chi connectivity index (χ0) is 13.5. The number of rotatable bonds is 7. The Bertz CT molecular complexity index is 337. The summed E-state index contributed by atoms with van der Waals surface area (Å²) in [4.78, 5) is 0. The van der Waals surface area contributed by atoms with Gasteiger partial charge < -0.3 is 10.5 Å². The molecule has 1 rings (SSSR count). The third kappa shape index (κ3) is 5.09. The topological polar surface area (TPSA) is 35.2 Å². The van der Waals surface area contributed by atoms with Crippen LogP contribution in [0.4, 0.5) is 0 Å². The summed E-state index contributed by atoms with van der Waals surface area (Å²) in [5, 5.41) is 0. The first kappa shape index (κ1) is 15.7. The Kier molecular flexibility index (Phi) is 6.90. The van der Waals surface area contributed by atoms with Gasteiger partial charge in [-0.3, -0.25) is 0 Å². The van der Waals surface area contributed by atoms with Crippen LogP contribution in [0.15, 0.2) is 28.7 Å². The third-order valence-corrected chi connectivity index (χ3v) is 3.58. The maximum atomic E-state index is 6.17. The molecule has 2 N–H and O–H groups in total. The van der Waals surface area contributed by atoms with E-state index < -0.39 is 0 Å². The van der Waals surface area contributed by atoms with Gasteiger partial charge >= 0.3 is 0 Å². The molecule has 0 aromatic heterocycles. The van der Waals surface area contributed by atoms with Crippen LogP contribution in [0.5, 0.6) is 0 Å². The van der Waals surface area contributed by atoms with Crippen molar-refractivity contribution in [2.24, 2.45) is 11.7 Å². The summed E-state index contributed by atoms with van der Waals surface area (Å²) in [6.45, 7) is 7.28. The summed E-state index contributed by atoms with van der Waals surface area (Å²) in [5.41, 5.74) is 7.33. The Morgan fingerprint density at radius 3 is 2.33 bits per heavy atom. The molecule has 0 saturated heterocycles. The molecule has 0 aliphatic carbocycles. The fourth-order valence-corrected chi connectivity index (χ4v) is 2.03. The lowest BCUT2D eigenvalue weighted by Crippen LogP contribution is -2.30. The molecule has 1 aromatic rings. The van der Waals surface area contributed by atoms with E-state index >= 15 is 0 Å². The van der Waals surface area contributed by atoms with E-state index in [0.717, 1.165) is 29.5 Å². The van der Waals surface area contributed by atoms with Crippen LogP contribution >= 0.6 is 15.9 Å². The molecule has 0 aliphatic heterocycles. The van der Waals surface area contributed by atoms with Crippen molar-refractivity contribution in [2.45, 2.75) is 45.8 Å². The zero-order valence-corrected chi connectivity index (χ0v) is 13.1. The van der Waals surface area contributed by atoms with Crippen LogP contribution in [0.2, 0.25) is 0 Å². The van der Waals surface area contributed by atoms with Gasteiger partial charge in [-0.2, -0.15) is 0 Å². The van der Waals surface area contributed by atoms with Gasteiger partial charge in [-0.05, 0) is 36.5 Å². The Balaban J connectivity index is 2.68. The van der Waals surface area contributed by atoms with Crippen LogP contribution in [0.1, 0.15) is 45.3 Å². The first-order valence-corrected chi connectivity index (χ1v) is 7.46. The largest absolute Gasteiger partial charge is 0.372 e. The minimum Gasteiger partial charge on any atom is -0.372 e. The molecule has 0 heterocycles. The fraction of sp³-hybridized carbons (Fsp3) is 0.600. The summed E-state index contributed by atoms with van der Waals surface area (Å²) in [5.74, 6) is 0.661. The lowest BCUT2D eigenvalue weighted by molar-refractivity contribution is 0.0275. The van der Waals surface area contributed by atoms with Gasteiger partial charge in [-0.15, -0.1) is 0 Å². The SMILES string of the molecule is CCC(N)C(OCCC(C)C)c1ccc(Br)cc1. The minimum absolute atomic E-state index is 0.00171. The van der Waals surface area contributed by atoms with Gasteiger partial charge in [0, 0.05) is 17.1 Å². The van der Waals surface area contributed by atoms with Crippen LogP contribution < -0.4 is 5.73 Å². The molecule has 0 fully saturated rings. The smallest absolute Gasteiger partial charge is 0.0975 e. The molecular formula is C15H24BrNO. The highest BCUT2D eigenvalue weighted by Crippen LogP contribution is 2.24. The van der Waals surface area contributed by atoms with E-state index in [9.17, 15) is 0 Å². The van der Waals surface area contributed by atoms with Gasteiger partial charge in [-0.25, -0.2) is 0 Å². The highest BCUT2D eigenvalue weighted by molar-refractivity contribution is 9.10. The monoisotopic (exact) mass is 313 g/mol. The van der Waals surface area contributed by atoms with Gasteiger partial charge in [0.15, 0.2) is 0 Å². The zero-order valence-electron chi connectivity index (χ0n) is 11.5. The molecule has 3 heteroatoms. The molecule has 0 radical (unpaired) electrons. The van der Waals surface area contributed by atoms with E-state index in [-0.39, 0.29) is 12.1 Å². The number of ether oxygens (including phenoxy) is 1. The standard InChI is InChI=1S/C15H24BrNO/c1-4-14(17)15(18-10-9-11(2)3)12-5-7-13(16)8-6-12/h5-8,11,14-15H,4,9-10,17H2,1-3H3. The Morgan fingerprint density at radius 1 is 1.22 bits per heavy atom. The molecular weight excluding hydrogens is 290 g/mol. The molecule has 0 bridgehead atoms. The Hall–Kier alpha value is -0.380. The lowest BCUT2D eigenvalue weighted by atomic mass is 10.0. The number of nitrogens with two attached hydrogens (primary N) is 1. The van der Waals surface area contributed by atoms with E-state index in [1.165, 1.54) is 0 Å². The van der Waals surface area contributed by atoms with Crippen LogP contribution in [-0.2, 0) is 4.74 Å². The molecule has 2 nitrogen and oxygen atoms in total. The molecule has 0 aliphatic rings. The fourth-order valence-electron chi connectivity index (χ4n) is 1.76. The normalized spacial score (nSPS) is 14.8. The van der Waals surface area contributed by atoms with Gasteiger partial charge in [0.05, 0.1) is 6.10 Å². The van der Waals surface area contributed by atoms with Crippen LogP contribution in [-0.4, -0.2) is 12.6 Å².